The standard InChI is InChI=1S/C15H17NOS/c1-2-3-10-15(17)16-13-8-5-4-7-12(13)14-9-6-11-18-14/h4-9,11H,2-3,10H2,1H3,(H,16,17). The summed E-state index contributed by atoms with van der Waals surface area (Å²) in [6.45, 7) is 2.09. The molecule has 0 saturated carbocycles. The van der Waals surface area contributed by atoms with Crippen molar-refractivity contribution >= 4 is 22.9 Å². The summed E-state index contributed by atoms with van der Waals surface area (Å²) < 4.78 is 0. The largest absolute Gasteiger partial charge is 0.325 e. The van der Waals surface area contributed by atoms with Gasteiger partial charge in [0.15, 0.2) is 0 Å². The Bertz CT molecular complexity index is 505. The van der Waals surface area contributed by atoms with Crippen molar-refractivity contribution in [1.29, 1.82) is 0 Å². The number of unbranched alkanes of at least 4 members (excludes halogenated alkanes) is 1. The molecule has 0 atom stereocenters. The topological polar surface area (TPSA) is 29.1 Å². The van der Waals surface area contributed by atoms with Crippen LogP contribution in [0.5, 0.6) is 0 Å². The van der Waals surface area contributed by atoms with Crippen LogP contribution in [0.1, 0.15) is 26.2 Å². The molecule has 0 aliphatic rings. The van der Waals surface area contributed by atoms with E-state index in [1.165, 1.54) is 4.88 Å². The van der Waals surface area contributed by atoms with Crippen LogP contribution in [0.2, 0.25) is 0 Å². The van der Waals surface area contributed by atoms with E-state index in [9.17, 15) is 4.79 Å². The molecule has 0 fully saturated rings. The first kappa shape index (κ1) is 12.8. The minimum atomic E-state index is 0.0980. The maximum Gasteiger partial charge on any atom is 0.224 e. The van der Waals surface area contributed by atoms with Crippen molar-refractivity contribution in [2.45, 2.75) is 26.2 Å². The summed E-state index contributed by atoms with van der Waals surface area (Å²) in [5.41, 5.74) is 2.00. The molecule has 0 aliphatic heterocycles. The molecule has 2 nitrogen and oxygen atoms in total. The molecular formula is C15H17NOS. The number of benzene rings is 1. The van der Waals surface area contributed by atoms with Crippen molar-refractivity contribution in [1.82, 2.24) is 0 Å². The Morgan fingerprint density at radius 1 is 1.22 bits per heavy atom. The second-order valence-electron chi connectivity index (χ2n) is 4.17. The van der Waals surface area contributed by atoms with Gasteiger partial charge in [-0.05, 0) is 23.9 Å². The number of hydrogen-bond donors (Lipinski definition) is 1. The van der Waals surface area contributed by atoms with E-state index in [1.807, 2.05) is 35.7 Å². The zero-order chi connectivity index (χ0) is 12.8. The fraction of sp³-hybridized carbons (Fsp3) is 0.267. The number of thiophene rings is 1. The molecule has 0 saturated heterocycles. The lowest BCUT2D eigenvalue weighted by molar-refractivity contribution is -0.116. The van der Waals surface area contributed by atoms with E-state index in [4.69, 9.17) is 0 Å². The quantitative estimate of drug-likeness (QED) is 0.839. The zero-order valence-corrected chi connectivity index (χ0v) is 11.3. The van der Waals surface area contributed by atoms with E-state index in [-0.39, 0.29) is 5.91 Å². The van der Waals surface area contributed by atoms with Gasteiger partial charge in [-0.25, -0.2) is 0 Å². The number of carbonyl (C=O) groups excluding carboxylic acids is 1. The van der Waals surface area contributed by atoms with E-state index in [2.05, 4.69) is 18.3 Å². The summed E-state index contributed by atoms with van der Waals surface area (Å²) in [6.07, 6.45) is 2.57. The van der Waals surface area contributed by atoms with Crippen molar-refractivity contribution in [3.8, 4) is 10.4 Å². The SMILES string of the molecule is CCCCC(=O)Nc1ccccc1-c1cccs1. The number of nitrogens with one attached hydrogen (secondary N) is 1. The summed E-state index contributed by atoms with van der Waals surface area (Å²) in [7, 11) is 0. The van der Waals surface area contributed by atoms with E-state index in [1.54, 1.807) is 11.3 Å². The van der Waals surface area contributed by atoms with Gasteiger partial charge in [0, 0.05) is 22.5 Å². The highest BCUT2D eigenvalue weighted by Gasteiger charge is 2.08. The molecule has 0 spiro atoms. The van der Waals surface area contributed by atoms with Crippen LogP contribution in [-0.4, -0.2) is 5.91 Å². The Morgan fingerprint density at radius 3 is 2.78 bits per heavy atom. The smallest absolute Gasteiger partial charge is 0.224 e. The Labute approximate surface area is 112 Å². The van der Waals surface area contributed by atoms with Crippen molar-refractivity contribution in [2.75, 3.05) is 5.32 Å². The lowest BCUT2D eigenvalue weighted by atomic mass is 10.1. The third-order valence-electron chi connectivity index (χ3n) is 2.75. The molecule has 2 rings (SSSR count). The van der Waals surface area contributed by atoms with E-state index in [0.717, 1.165) is 24.1 Å². The highest BCUT2D eigenvalue weighted by molar-refractivity contribution is 7.13. The predicted octanol–water partition coefficient (Wildman–Crippen LogP) is 4.54. The van der Waals surface area contributed by atoms with Crippen molar-refractivity contribution < 1.29 is 4.79 Å². The number of amides is 1. The lowest BCUT2D eigenvalue weighted by Gasteiger charge is -2.09. The molecule has 0 aliphatic carbocycles. The molecule has 0 unspecified atom stereocenters. The molecule has 1 amide bonds. The van der Waals surface area contributed by atoms with Gasteiger partial charge in [-0.1, -0.05) is 37.6 Å². The van der Waals surface area contributed by atoms with Crippen molar-refractivity contribution in [2.24, 2.45) is 0 Å². The average Bonchev–Trinajstić information content (AvgIpc) is 2.91. The fourth-order valence-corrected chi connectivity index (χ4v) is 2.55. The molecule has 0 bridgehead atoms. The molecule has 3 heteroatoms. The number of carbonyl (C=O) groups is 1. The third-order valence-corrected chi connectivity index (χ3v) is 3.65. The van der Waals surface area contributed by atoms with E-state index >= 15 is 0 Å². The lowest BCUT2D eigenvalue weighted by Crippen LogP contribution is -2.11. The van der Waals surface area contributed by atoms with Crippen molar-refractivity contribution in [3.05, 3.63) is 41.8 Å². The first-order chi connectivity index (χ1) is 8.81. The summed E-state index contributed by atoms with van der Waals surface area (Å²) in [6, 6.07) is 12.0. The second-order valence-corrected chi connectivity index (χ2v) is 5.12. The van der Waals surface area contributed by atoms with Crippen LogP contribution in [-0.2, 0) is 4.79 Å². The molecule has 94 valence electrons. The Hall–Kier alpha value is -1.61. The summed E-state index contributed by atoms with van der Waals surface area (Å²) in [4.78, 5) is 13.0. The molecule has 1 N–H and O–H groups in total. The molecule has 1 aromatic carbocycles. The maximum atomic E-state index is 11.8. The molecule has 0 radical (unpaired) electrons. The number of rotatable bonds is 5. The molecule has 18 heavy (non-hydrogen) atoms. The summed E-state index contributed by atoms with van der Waals surface area (Å²) in [5, 5.41) is 5.05. The first-order valence-electron chi connectivity index (χ1n) is 6.24. The Morgan fingerprint density at radius 2 is 2.06 bits per heavy atom. The average molecular weight is 259 g/mol. The maximum absolute atomic E-state index is 11.8. The van der Waals surface area contributed by atoms with Gasteiger partial charge in [-0.2, -0.15) is 0 Å². The molecule has 1 heterocycles. The van der Waals surface area contributed by atoms with Gasteiger partial charge in [-0.15, -0.1) is 11.3 Å². The van der Waals surface area contributed by atoms with Crippen LogP contribution >= 0.6 is 11.3 Å². The van der Waals surface area contributed by atoms with Crippen LogP contribution < -0.4 is 5.32 Å². The molecule has 1 aromatic heterocycles. The predicted molar refractivity (Wildman–Crippen MR) is 77.9 cm³/mol. The minimum absolute atomic E-state index is 0.0980. The highest BCUT2D eigenvalue weighted by atomic mass is 32.1. The second kappa shape index (κ2) is 6.36. The van der Waals surface area contributed by atoms with Gasteiger partial charge in [0.25, 0.3) is 0 Å². The fourth-order valence-electron chi connectivity index (χ4n) is 1.79. The van der Waals surface area contributed by atoms with Crippen LogP contribution in [0, 0.1) is 0 Å². The van der Waals surface area contributed by atoms with Gasteiger partial charge in [0.05, 0.1) is 0 Å². The van der Waals surface area contributed by atoms with Gasteiger partial charge in [0.1, 0.15) is 0 Å². The minimum Gasteiger partial charge on any atom is -0.325 e. The first-order valence-corrected chi connectivity index (χ1v) is 7.12. The van der Waals surface area contributed by atoms with Crippen LogP contribution in [0.25, 0.3) is 10.4 Å². The van der Waals surface area contributed by atoms with Gasteiger partial charge >= 0.3 is 0 Å². The Kier molecular flexibility index (Phi) is 4.53. The molecule has 2 aromatic rings. The molecular weight excluding hydrogens is 242 g/mol. The number of anilines is 1. The van der Waals surface area contributed by atoms with Crippen molar-refractivity contribution in [3.63, 3.8) is 0 Å². The summed E-state index contributed by atoms with van der Waals surface area (Å²) in [5.74, 6) is 0.0980. The highest BCUT2D eigenvalue weighted by Crippen LogP contribution is 2.31. The van der Waals surface area contributed by atoms with Gasteiger partial charge in [0.2, 0.25) is 5.91 Å². The van der Waals surface area contributed by atoms with Crippen LogP contribution in [0.15, 0.2) is 41.8 Å². The number of para-hydroxylation sites is 1. The number of hydrogen-bond acceptors (Lipinski definition) is 2. The van der Waals surface area contributed by atoms with Gasteiger partial charge in [-0.3, -0.25) is 4.79 Å². The van der Waals surface area contributed by atoms with Gasteiger partial charge < -0.3 is 5.32 Å². The van der Waals surface area contributed by atoms with E-state index < -0.39 is 0 Å². The normalized spacial score (nSPS) is 10.3. The Balaban J connectivity index is 2.16. The zero-order valence-electron chi connectivity index (χ0n) is 10.5. The third kappa shape index (κ3) is 3.20. The van der Waals surface area contributed by atoms with Crippen LogP contribution in [0.3, 0.4) is 0 Å². The summed E-state index contributed by atoms with van der Waals surface area (Å²) >= 11 is 1.68. The monoisotopic (exact) mass is 259 g/mol. The van der Waals surface area contributed by atoms with Crippen LogP contribution in [0.4, 0.5) is 5.69 Å². The van der Waals surface area contributed by atoms with E-state index in [0.29, 0.717) is 6.42 Å².